The summed E-state index contributed by atoms with van der Waals surface area (Å²) in [6.45, 7) is 5.55. The van der Waals surface area contributed by atoms with Gasteiger partial charge in [0.2, 0.25) is 0 Å². The molecule has 4 rings (SSSR count). The van der Waals surface area contributed by atoms with E-state index >= 15 is 0 Å². The molecule has 2 aromatic carbocycles. The molecule has 0 saturated carbocycles. The smallest absolute Gasteiger partial charge is 0.270 e. The van der Waals surface area contributed by atoms with Gasteiger partial charge < -0.3 is 14.6 Å². The number of rotatable bonds is 3. The molecule has 0 aliphatic carbocycles. The third-order valence-electron chi connectivity index (χ3n) is 5.17. The number of hydrogen-bond donors (Lipinski definition) is 1. The number of nitrogens with zero attached hydrogens (tertiary/aromatic N) is 1. The predicted octanol–water partition coefficient (Wildman–Crippen LogP) is 5.12. The molecule has 1 aliphatic rings. The molecule has 1 aromatic heterocycles. The van der Waals surface area contributed by atoms with Crippen LogP contribution in [0.2, 0.25) is 5.02 Å². The Morgan fingerprint density at radius 3 is 2.63 bits per heavy atom. The second-order valence-corrected chi connectivity index (χ2v) is 7.73. The van der Waals surface area contributed by atoms with E-state index in [0.29, 0.717) is 23.8 Å². The highest BCUT2D eigenvalue weighted by Crippen LogP contribution is 2.25. The molecule has 27 heavy (non-hydrogen) atoms. The maximum atomic E-state index is 12.8. The van der Waals surface area contributed by atoms with E-state index in [-0.39, 0.29) is 12.0 Å². The lowest BCUT2D eigenvalue weighted by molar-refractivity contribution is 0.0590. The number of piperidine rings is 1. The Labute approximate surface area is 164 Å². The van der Waals surface area contributed by atoms with Crippen molar-refractivity contribution in [2.24, 2.45) is 0 Å². The van der Waals surface area contributed by atoms with Crippen LogP contribution in [0.3, 0.4) is 0 Å². The van der Waals surface area contributed by atoms with E-state index in [4.69, 9.17) is 16.3 Å². The number of aryl methyl sites for hydroxylation is 2. The monoisotopic (exact) mass is 382 g/mol. The number of likely N-dealkylation sites (tertiary alicyclic amines) is 1. The summed E-state index contributed by atoms with van der Waals surface area (Å²) >= 11 is 6.04. The van der Waals surface area contributed by atoms with Gasteiger partial charge in [-0.25, -0.2) is 0 Å². The summed E-state index contributed by atoms with van der Waals surface area (Å²) in [5, 5.41) is 1.63. The molecule has 1 fully saturated rings. The summed E-state index contributed by atoms with van der Waals surface area (Å²) < 4.78 is 6.18. The van der Waals surface area contributed by atoms with E-state index in [9.17, 15) is 4.79 Å². The van der Waals surface area contributed by atoms with Crippen LogP contribution >= 0.6 is 11.6 Å². The number of aromatic amines is 1. The van der Waals surface area contributed by atoms with Gasteiger partial charge in [0.1, 0.15) is 17.5 Å². The number of benzene rings is 2. The van der Waals surface area contributed by atoms with Crippen LogP contribution in [0, 0.1) is 13.8 Å². The van der Waals surface area contributed by atoms with Gasteiger partial charge in [0, 0.05) is 41.9 Å². The molecule has 0 radical (unpaired) electrons. The summed E-state index contributed by atoms with van der Waals surface area (Å²) in [6.07, 6.45) is 1.83. The van der Waals surface area contributed by atoms with Crippen LogP contribution in [0.15, 0.2) is 42.5 Å². The zero-order valence-corrected chi connectivity index (χ0v) is 16.3. The standard InChI is InChI=1S/C22H23ClN2O2/c1-14-3-6-21(15(2)11-14)27-18-7-9-25(10-8-18)22(26)20-13-16-12-17(23)4-5-19(16)24-20/h3-6,11-13,18,24H,7-10H2,1-2H3. The van der Waals surface area contributed by atoms with Gasteiger partial charge in [0.25, 0.3) is 5.91 Å². The van der Waals surface area contributed by atoms with Crippen molar-refractivity contribution in [1.29, 1.82) is 0 Å². The van der Waals surface area contributed by atoms with Crippen molar-refractivity contribution >= 4 is 28.4 Å². The molecule has 0 unspecified atom stereocenters. The number of H-pyrrole nitrogens is 1. The molecule has 4 nitrogen and oxygen atoms in total. The molecule has 5 heteroatoms. The number of ether oxygens (including phenoxy) is 1. The minimum atomic E-state index is 0.0345. The van der Waals surface area contributed by atoms with Crippen molar-refractivity contribution in [2.75, 3.05) is 13.1 Å². The maximum absolute atomic E-state index is 12.8. The Bertz CT molecular complexity index is 987. The van der Waals surface area contributed by atoms with Crippen molar-refractivity contribution in [3.63, 3.8) is 0 Å². The molecule has 1 amide bonds. The first kappa shape index (κ1) is 17.9. The summed E-state index contributed by atoms with van der Waals surface area (Å²) in [7, 11) is 0. The molecule has 0 bridgehead atoms. The molecule has 3 aromatic rings. The number of fused-ring (bicyclic) bond motifs is 1. The van der Waals surface area contributed by atoms with Crippen LogP contribution in [0.25, 0.3) is 10.9 Å². The Kier molecular flexibility index (Phi) is 4.83. The van der Waals surface area contributed by atoms with Crippen LogP contribution in [0.5, 0.6) is 5.75 Å². The average molecular weight is 383 g/mol. The topological polar surface area (TPSA) is 45.3 Å². The molecular formula is C22H23ClN2O2. The molecular weight excluding hydrogens is 360 g/mol. The van der Waals surface area contributed by atoms with Crippen molar-refractivity contribution in [3.8, 4) is 5.75 Å². The first-order chi connectivity index (χ1) is 13.0. The molecule has 1 aliphatic heterocycles. The SMILES string of the molecule is Cc1ccc(OC2CCN(C(=O)c3cc4cc(Cl)ccc4[nH]3)CC2)c(C)c1. The Hall–Kier alpha value is -2.46. The molecule has 0 atom stereocenters. The normalized spacial score (nSPS) is 15.3. The van der Waals surface area contributed by atoms with Crippen LogP contribution in [0.1, 0.15) is 34.5 Å². The highest BCUT2D eigenvalue weighted by molar-refractivity contribution is 6.31. The van der Waals surface area contributed by atoms with Gasteiger partial charge in [-0.05, 0) is 49.7 Å². The Morgan fingerprint density at radius 1 is 1.11 bits per heavy atom. The van der Waals surface area contributed by atoms with Crippen LogP contribution in [-0.2, 0) is 0 Å². The minimum Gasteiger partial charge on any atom is -0.490 e. The van der Waals surface area contributed by atoms with Crippen molar-refractivity contribution < 1.29 is 9.53 Å². The van der Waals surface area contributed by atoms with Gasteiger partial charge in [-0.2, -0.15) is 0 Å². The summed E-state index contributed by atoms with van der Waals surface area (Å²) in [6, 6.07) is 13.7. The van der Waals surface area contributed by atoms with Crippen molar-refractivity contribution in [1.82, 2.24) is 9.88 Å². The van der Waals surface area contributed by atoms with E-state index < -0.39 is 0 Å². The van der Waals surface area contributed by atoms with Crippen LogP contribution in [0.4, 0.5) is 0 Å². The summed E-state index contributed by atoms with van der Waals surface area (Å²) in [5.74, 6) is 0.977. The van der Waals surface area contributed by atoms with E-state index in [1.807, 2.05) is 35.2 Å². The van der Waals surface area contributed by atoms with Gasteiger partial charge in [-0.15, -0.1) is 0 Å². The summed E-state index contributed by atoms with van der Waals surface area (Å²) in [4.78, 5) is 17.9. The van der Waals surface area contributed by atoms with E-state index in [1.54, 1.807) is 0 Å². The van der Waals surface area contributed by atoms with Crippen LogP contribution < -0.4 is 4.74 Å². The van der Waals surface area contributed by atoms with Gasteiger partial charge in [0.05, 0.1) is 0 Å². The van der Waals surface area contributed by atoms with Gasteiger partial charge in [0.15, 0.2) is 0 Å². The minimum absolute atomic E-state index is 0.0345. The molecule has 1 saturated heterocycles. The molecule has 2 heterocycles. The third-order valence-corrected chi connectivity index (χ3v) is 5.40. The second-order valence-electron chi connectivity index (χ2n) is 7.29. The Morgan fingerprint density at radius 2 is 1.89 bits per heavy atom. The average Bonchev–Trinajstić information content (AvgIpc) is 3.07. The lowest BCUT2D eigenvalue weighted by atomic mass is 10.1. The number of aromatic nitrogens is 1. The fourth-order valence-electron chi connectivity index (χ4n) is 3.68. The lowest BCUT2D eigenvalue weighted by Gasteiger charge is -2.32. The molecule has 140 valence electrons. The fourth-order valence-corrected chi connectivity index (χ4v) is 3.86. The van der Waals surface area contributed by atoms with E-state index in [1.165, 1.54) is 5.56 Å². The van der Waals surface area contributed by atoms with Gasteiger partial charge in [-0.3, -0.25) is 4.79 Å². The van der Waals surface area contributed by atoms with E-state index in [2.05, 4.69) is 31.0 Å². The van der Waals surface area contributed by atoms with E-state index in [0.717, 1.165) is 35.1 Å². The quantitative estimate of drug-likeness (QED) is 0.683. The predicted molar refractivity (Wildman–Crippen MR) is 109 cm³/mol. The van der Waals surface area contributed by atoms with Crippen molar-refractivity contribution in [2.45, 2.75) is 32.8 Å². The Balaban J connectivity index is 1.40. The maximum Gasteiger partial charge on any atom is 0.270 e. The highest BCUT2D eigenvalue weighted by Gasteiger charge is 2.26. The number of carbonyl (C=O) groups excluding carboxylic acids is 1. The molecule has 0 spiro atoms. The lowest BCUT2D eigenvalue weighted by Crippen LogP contribution is -2.42. The zero-order chi connectivity index (χ0) is 19.0. The number of hydrogen-bond acceptors (Lipinski definition) is 2. The highest BCUT2D eigenvalue weighted by atomic mass is 35.5. The number of nitrogens with one attached hydrogen (secondary N) is 1. The third kappa shape index (κ3) is 3.81. The summed E-state index contributed by atoms with van der Waals surface area (Å²) in [5.41, 5.74) is 3.93. The fraction of sp³-hybridized carbons (Fsp3) is 0.318. The largest absolute Gasteiger partial charge is 0.490 e. The first-order valence-corrected chi connectivity index (χ1v) is 9.69. The van der Waals surface area contributed by atoms with Gasteiger partial charge >= 0.3 is 0 Å². The first-order valence-electron chi connectivity index (χ1n) is 9.31. The zero-order valence-electron chi connectivity index (χ0n) is 15.6. The number of halogens is 1. The molecule has 1 N–H and O–H groups in total. The van der Waals surface area contributed by atoms with Crippen molar-refractivity contribution in [3.05, 3.63) is 64.3 Å². The van der Waals surface area contributed by atoms with Crippen LogP contribution in [-0.4, -0.2) is 35.0 Å². The number of carbonyl (C=O) groups is 1. The second kappa shape index (κ2) is 7.28. The number of amides is 1. The van der Waals surface area contributed by atoms with Gasteiger partial charge in [-0.1, -0.05) is 29.3 Å².